The van der Waals surface area contributed by atoms with Gasteiger partial charge in [-0.15, -0.1) is 11.6 Å². The summed E-state index contributed by atoms with van der Waals surface area (Å²) in [6.45, 7) is 3.83. The highest BCUT2D eigenvalue weighted by atomic mass is 35.5. The zero-order valence-corrected chi connectivity index (χ0v) is 11.8. The van der Waals surface area contributed by atoms with E-state index < -0.39 is 0 Å². The van der Waals surface area contributed by atoms with Crippen LogP contribution in [-0.2, 0) is 14.3 Å². The van der Waals surface area contributed by atoms with Crippen molar-refractivity contribution in [2.75, 3.05) is 12.4 Å². The Morgan fingerprint density at radius 1 is 1.53 bits per heavy atom. The van der Waals surface area contributed by atoms with Gasteiger partial charge in [0.1, 0.15) is 5.76 Å². The van der Waals surface area contributed by atoms with Gasteiger partial charge in [-0.05, 0) is 19.8 Å². The number of hydrogen-bond acceptors (Lipinski definition) is 4. The van der Waals surface area contributed by atoms with Gasteiger partial charge in [-0.25, -0.2) is 0 Å². The van der Waals surface area contributed by atoms with Crippen molar-refractivity contribution in [1.29, 1.82) is 0 Å². The average Bonchev–Trinajstić information content (AvgIpc) is 2.35. The van der Waals surface area contributed by atoms with E-state index >= 15 is 0 Å². The molecule has 0 saturated heterocycles. The number of esters is 1. The minimum atomic E-state index is -0.369. The van der Waals surface area contributed by atoms with E-state index in [0.717, 1.165) is 12.1 Å². The topological polar surface area (TPSA) is 58.6 Å². The molecule has 2 rings (SSSR count). The number of fused-ring (bicyclic) bond motifs is 1. The van der Waals surface area contributed by atoms with Crippen molar-refractivity contribution in [3.63, 3.8) is 0 Å². The lowest BCUT2D eigenvalue weighted by molar-refractivity contribution is -0.138. The monoisotopic (exact) mass is 284 g/mol. The Hall–Kier alpha value is -1.49. The number of allylic oxidation sites excluding steroid dienone is 2. The number of hydrogen-bond donors (Lipinski definition) is 1. The summed E-state index contributed by atoms with van der Waals surface area (Å²) in [5, 5.41) is 3.17. The Balaban J connectivity index is 2.36. The van der Waals surface area contributed by atoms with Crippen molar-refractivity contribution in [3.8, 4) is 0 Å². The molecule has 0 unspecified atom stereocenters. The summed E-state index contributed by atoms with van der Waals surface area (Å²) in [5.41, 5.74) is 1.48. The fraction of sp³-hybridized carbons (Fsp3) is 0.538. The number of carbonyl (C=O) groups excluding carboxylic acids is 2. The van der Waals surface area contributed by atoms with Crippen LogP contribution in [0.3, 0.4) is 0 Å². The van der Waals surface area contributed by atoms with E-state index in [9.17, 15) is 9.59 Å². The molecular weight excluding hydrogens is 268 g/mol. The molecule has 0 aromatic heterocycles. The van der Waals surface area contributed by atoms with Crippen molar-refractivity contribution < 1.29 is 14.3 Å². The van der Waals surface area contributed by atoms with E-state index in [0.29, 0.717) is 42.4 Å². The van der Waals surface area contributed by atoms with E-state index in [2.05, 4.69) is 5.32 Å². The first-order chi connectivity index (χ1) is 9.04. The summed E-state index contributed by atoms with van der Waals surface area (Å²) in [4.78, 5) is 25.1. The predicted molar refractivity (Wildman–Crippen MR) is 70.9 cm³/mol. The van der Waals surface area contributed by atoms with Gasteiger partial charge >= 0.3 is 5.97 Å². The van der Waals surface area contributed by atoms with E-state index in [-0.39, 0.29) is 11.9 Å². The maximum absolute atomic E-state index is 12.4. The van der Waals surface area contributed by atoms with Crippen LogP contribution in [0.25, 0.3) is 0 Å². The summed E-state index contributed by atoms with van der Waals surface area (Å²) in [5.74, 6) is 1.13. The molecule has 2 aliphatic heterocycles. The highest BCUT2D eigenvalue weighted by Gasteiger charge is 2.33. The van der Waals surface area contributed by atoms with Crippen molar-refractivity contribution in [1.82, 2.24) is 10.2 Å². The summed E-state index contributed by atoms with van der Waals surface area (Å²) >= 11 is 5.72. The Morgan fingerprint density at radius 2 is 2.26 bits per heavy atom. The molecule has 0 aromatic rings. The second kappa shape index (κ2) is 5.65. The van der Waals surface area contributed by atoms with E-state index in [1.165, 1.54) is 6.92 Å². The van der Waals surface area contributed by atoms with Gasteiger partial charge in [0.2, 0.25) is 0 Å². The number of rotatable bonds is 3. The Labute approximate surface area is 117 Å². The molecule has 0 radical (unpaired) electrons. The van der Waals surface area contributed by atoms with Gasteiger partial charge < -0.3 is 10.1 Å². The lowest BCUT2D eigenvalue weighted by Gasteiger charge is -2.36. The van der Waals surface area contributed by atoms with Crippen LogP contribution in [0.2, 0.25) is 0 Å². The maximum atomic E-state index is 12.4. The summed E-state index contributed by atoms with van der Waals surface area (Å²) in [6, 6.07) is 0. The Kier molecular flexibility index (Phi) is 4.14. The normalized spacial score (nSPS) is 19.3. The van der Waals surface area contributed by atoms with Crippen molar-refractivity contribution >= 4 is 23.5 Å². The molecule has 2 aliphatic rings. The molecule has 0 spiro atoms. The molecule has 0 aliphatic carbocycles. The first-order valence-electron chi connectivity index (χ1n) is 6.30. The third kappa shape index (κ3) is 2.76. The number of alkyl halides is 1. The number of carbonyl (C=O) groups is 2. The average molecular weight is 285 g/mol. The fourth-order valence-corrected chi connectivity index (χ4v) is 2.55. The van der Waals surface area contributed by atoms with Gasteiger partial charge in [0.05, 0.1) is 0 Å². The van der Waals surface area contributed by atoms with Crippen LogP contribution in [0.5, 0.6) is 0 Å². The molecular formula is C13H17ClN2O3. The quantitative estimate of drug-likeness (QED) is 0.635. The third-order valence-corrected chi connectivity index (χ3v) is 3.38. The lowest BCUT2D eigenvalue weighted by Crippen LogP contribution is -2.46. The summed E-state index contributed by atoms with van der Waals surface area (Å²) < 4.78 is 5.19. The fourth-order valence-electron chi connectivity index (χ4n) is 2.36. The number of nitrogens with zero attached hydrogens (tertiary/aromatic N) is 1. The summed E-state index contributed by atoms with van der Waals surface area (Å²) in [7, 11) is 0. The smallest absolute Gasteiger partial charge is 0.307 e. The second-order valence-corrected chi connectivity index (χ2v) is 4.97. The molecule has 0 aromatic carbocycles. The first-order valence-corrected chi connectivity index (χ1v) is 6.84. The number of nitrogens with one attached hydrogen (secondary N) is 1. The van der Waals surface area contributed by atoms with Crippen molar-refractivity contribution in [3.05, 3.63) is 22.9 Å². The largest absolute Gasteiger partial charge is 0.427 e. The zero-order valence-electron chi connectivity index (χ0n) is 11.1. The van der Waals surface area contributed by atoms with Crippen LogP contribution in [0.1, 0.15) is 33.1 Å². The molecule has 0 fully saturated rings. The molecule has 104 valence electrons. The zero-order chi connectivity index (χ0) is 14.0. The predicted octanol–water partition coefficient (Wildman–Crippen LogP) is 1.85. The SMILES string of the molecule is CC(=O)OC1=C2NC(C)=C(CCCl)C(=O)N2CCC1. The first kappa shape index (κ1) is 13.9. The number of halogens is 1. The minimum Gasteiger partial charge on any atom is -0.427 e. The standard InChI is InChI=1S/C13H17ClN2O3/c1-8-10(5-6-14)13(18)16-7-3-4-11(12(16)15-8)19-9(2)17/h15H,3-7H2,1-2H3. The molecule has 0 bridgehead atoms. The molecule has 5 nitrogen and oxygen atoms in total. The molecule has 0 atom stereocenters. The van der Waals surface area contributed by atoms with Crippen LogP contribution < -0.4 is 5.32 Å². The van der Waals surface area contributed by atoms with Crippen LogP contribution in [-0.4, -0.2) is 29.2 Å². The van der Waals surface area contributed by atoms with Gasteiger partial charge in [-0.3, -0.25) is 14.5 Å². The molecule has 19 heavy (non-hydrogen) atoms. The van der Waals surface area contributed by atoms with Gasteiger partial charge in [-0.1, -0.05) is 0 Å². The summed E-state index contributed by atoms with van der Waals surface area (Å²) in [6.07, 6.45) is 1.97. The van der Waals surface area contributed by atoms with Crippen LogP contribution >= 0.6 is 11.6 Å². The van der Waals surface area contributed by atoms with Gasteiger partial charge in [0.15, 0.2) is 5.82 Å². The van der Waals surface area contributed by atoms with Crippen LogP contribution in [0, 0.1) is 0 Å². The van der Waals surface area contributed by atoms with E-state index in [4.69, 9.17) is 16.3 Å². The Bertz CT molecular complexity index is 482. The molecule has 0 saturated carbocycles. The van der Waals surface area contributed by atoms with Gasteiger partial charge in [0, 0.05) is 37.0 Å². The number of ether oxygens (including phenoxy) is 1. The van der Waals surface area contributed by atoms with Gasteiger partial charge in [-0.2, -0.15) is 0 Å². The van der Waals surface area contributed by atoms with Gasteiger partial charge in [0.25, 0.3) is 5.91 Å². The van der Waals surface area contributed by atoms with Crippen molar-refractivity contribution in [2.45, 2.75) is 33.1 Å². The highest BCUT2D eigenvalue weighted by molar-refractivity contribution is 6.18. The Morgan fingerprint density at radius 3 is 2.89 bits per heavy atom. The van der Waals surface area contributed by atoms with Crippen molar-refractivity contribution in [2.24, 2.45) is 0 Å². The lowest BCUT2D eigenvalue weighted by atomic mass is 10.0. The number of amides is 1. The van der Waals surface area contributed by atoms with Crippen LogP contribution in [0.4, 0.5) is 0 Å². The third-order valence-electron chi connectivity index (χ3n) is 3.19. The van der Waals surface area contributed by atoms with E-state index in [1.54, 1.807) is 4.90 Å². The molecule has 1 amide bonds. The minimum absolute atomic E-state index is 0.0451. The van der Waals surface area contributed by atoms with E-state index in [1.807, 2.05) is 6.92 Å². The van der Waals surface area contributed by atoms with Crippen LogP contribution in [0.15, 0.2) is 22.9 Å². The molecule has 6 heteroatoms. The highest BCUT2D eigenvalue weighted by Crippen LogP contribution is 2.29. The second-order valence-electron chi connectivity index (χ2n) is 4.59. The molecule has 2 heterocycles. The molecule has 1 N–H and O–H groups in total. The maximum Gasteiger partial charge on any atom is 0.307 e.